The Morgan fingerprint density at radius 2 is 1.73 bits per heavy atom. The van der Waals surface area contributed by atoms with Crippen molar-refractivity contribution in [2.75, 3.05) is 13.2 Å². The van der Waals surface area contributed by atoms with Gasteiger partial charge in [0, 0.05) is 12.0 Å². The summed E-state index contributed by atoms with van der Waals surface area (Å²) in [5, 5.41) is 8.96. The van der Waals surface area contributed by atoms with Crippen molar-refractivity contribution in [2.24, 2.45) is 0 Å². The molecular weight excluding hydrogens is 389 g/mol. The van der Waals surface area contributed by atoms with E-state index in [1.54, 1.807) is 29.2 Å². The summed E-state index contributed by atoms with van der Waals surface area (Å²) in [5.41, 5.74) is 0.543. The van der Waals surface area contributed by atoms with Crippen LogP contribution in [0.2, 0.25) is 0 Å². The molecular formula is C23H26FNO5. The molecule has 0 spiro atoms. The second-order valence-electron chi connectivity index (χ2n) is 8.31. The third-order valence-corrected chi connectivity index (χ3v) is 4.79. The molecule has 0 saturated heterocycles. The minimum absolute atomic E-state index is 0.0386. The number of nitrogens with zero attached hydrogens (tertiary/aromatic N) is 1. The van der Waals surface area contributed by atoms with Crippen molar-refractivity contribution >= 4 is 12.1 Å². The van der Waals surface area contributed by atoms with Crippen molar-refractivity contribution in [3.05, 3.63) is 65.5 Å². The second kappa shape index (κ2) is 8.73. The number of benzene rings is 2. The summed E-state index contributed by atoms with van der Waals surface area (Å²) in [5.74, 6) is -0.636. The number of carboxylic acids is 1. The monoisotopic (exact) mass is 415 g/mol. The molecule has 1 fully saturated rings. The Kier molecular flexibility index (Phi) is 6.29. The second-order valence-corrected chi connectivity index (χ2v) is 8.31. The molecule has 2 atom stereocenters. The van der Waals surface area contributed by atoms with Crippen LogP contribution in [0, 0.1) is 5.82 Å². The maximum Gasteiger partial charge on any atom is 0.410 e. The molecule has 1 aliphatic carbocycles. The Labute approximate surface area is 175 Å². The summed E-state index contributed by atoms with van der Waals surface area (Å²) >= 11 is 0. The van der Waals surface area contributed by atoms with Gasteiger partial charge in [0.25, 0.3) is 0 Å². The molecule has 0 radical (unpaired) electrons. The number of carbonyl (C=O) groups is 2. The Bertz CT molecular complexity index is 889. The van der Waals surface area contributed by atoms with Gasteiger partial charge in [0.1, 0.15) is 23.8 Å². The lowest BCUT2D eigenvalue weighted by molar-refractivity contribution is 0.0205. The molecule has 0 heterocycles. The van der Waals surface area contributed by atoms with Crippen molar-refractivity contribution < 1.29 is 28.6 Å². The highest BCUT2D eigenvalue weighted by molar-refractivity contribution is 5.87. The number of ether oxygens (including phenoxy) is 2. The van der Waals surface area contributed by atoms with Crippen LogP contribution in [0.25, 0.3) is 0 Å². The van der Waals surface area contributed by atoms with E-state index in [-0.39, 0.29) is 29.9 Å². The summed E-state index contributed by atoms with van der Waals surface area (Å²) in [6.07, 6.45) is 0.361. The van der Waals surface area contributed by atoms with E-state index in [9.17, 15) is 14.0 Å². The molecule has 30 heavy (non-hydrogen) atoms. The highest BCUT2D eigenvalue weighted by atomic mass is 19.1. The first-order valence-electron chi connectivity index (χ1n) is 9.85. The van der Waals surface area contributed by atoms with Gasteiger partial charge in [0.05, 0.1) is 12.1 Å². The quantitative estimate of drug-likeness (QED) is 0.710. The Hall–Kier alpha value is -3.09. The minimum atomic E-state index is -1.00. The standard InChI is InChI=1S/C23H26FNO5/c1-23(2,3)30-22(28)25(20-14-19(20)15-4-8-17(24)9-5-15)12-13-29-18-10-6-16(7-11-18)21(26)27/h4-11,19-20H,12-14H2,1-3H3,(H,26,27). The molecule has 1 aliphatic rings. The first-order chi connectivity index (χ1) is 14.1. The average Bonchev–Trinajstić information content (AvgIpc) is 3.45. The van der Waals surface area contributed by atoms with Crippen LogP contribution in [0.3, 0.4) is 0 Å². The van der Waals surface area contributed by atoms with Crippen LogP contribution in [0.15, 0.2) is 48.5 Å². The zero-order valence-electron chi connectivity index (χ0n) is 17.3. The van der Waals surface area contributed by atoms with Gasteiger partial charge in [0.15, 0.2) is 0 Å². The van der Waals surface area contributed by atoms with Gasteiger partial charge in [-0.2, -0.15) is 0 Å². The molecule has 3 rings (SSSR count). The van der Waals surface area contributed by atoms with E-state index in [2.05, 4.69) is 0 Å². The zero-order chi connectivity index (χ0) is 21.9. The molecule has 2 aromatic rings. The van der Waals surface area contributed by atoms with Crippen molar-refractivity contribution in [3.8, 4) is 5.75 Å². The van der Waals surface area contributed by atoms with Crippen molar-refractivity contribution in [1.29, 1.82) is 0 Å². The SMILES string of the molecule is CC(C)(C)OC(=O)N(CCOc1ccc(C(=O)O)cc1)C1CC1c1ccc(F)cc1. The smallest absolute Gasteiger partial charge is 0.410 e. The van der Waals surface area contributed by atoms with Crippen molar-refractivity contribution in [3.63, 3.8) is 0 Å². The number of carboxylic acid groups (broad SMARTS) is 1. The van der Waals surface area contributed by atoms with Crippen LogP contribution in [0.1, 0.15) is 49.0 Å². The fourth-order valence-electron chi connectivity index (χ4n) is 3.26. The maximum absolute atomic E-state index is 13.2. The molecule has 0 bridgehead atoms. The number of hydrogen-bond acceptors (Lipinski definition) is 4. The lowest BCUT2D eigenvalue weighted by Gasteiger charge is -2.28. The summed E-state index contributed by atoms with van der Waals surface area (Å²) in [4.78, 5) is 25.3. The van der Waals surface area contributed by atoms with E-state index in [1.165, 1.54) is 24.3 Å². The van der Waals surface area contributed by atoms with Crippen LogP contribution in [-0.4, -0.2) is 46.9 Å². The molecule has 2 aromatic carbocycles. The number of carbonyl (C=O) groups excluding carboxylic acids is 1. The molecule has 0 aromatic heterocycles. The number of aromatic carboxylic acids is 1. The molecule has 1 amide bonds. The normalized spacial score (nSPS) is 17.9. The topological polar surface area (TPSA) is 76.1 Å². The van der Waals surface area contributed by atoms with Crippen LogP contribution >= 0.6 is 0 Å². The third-order valence-electron chi connectivity index (χ3n) is 4.79. The number of amides is 1. The van der Waals surface area contributed by atoms with Gasteiger partial charge in [-0.15, -0.1) is 0 Å². The zero-order valence-corrected chi connectivity index (χ0v) is 17.3. The van der Waals surface area contributed by atoms with E-state index in [0.717, 1.165) is 12.0 Å². The summed E-state index contributed by atoms with van der Waals surface area (Å²) in [6.45, 7) is 5.99. The van der Waals surface area contributed by atoms with Crippen LogP contribution in [0.5, 0.6) is 5.75 Å². The van der Waals surface area contributed by atoms with Gasteiger partial charge in [-0.3, -0.25) is 0 Å². The summed E-state index contributed by atoms with van der Waals surface area (Å²) in [7, 11) is 0. The first-order valence-corrected chi connectivity index (χ1v) is 9.85. The van der Waals surface area contributed by atoms with E-state index in [1.807, 2.05) is 20.8 Å². The van der Waals surface area contributed by atoms with E-state index in [0.29, 0.717) is 12.3 Å². The molecule has 2 unspecified atom stereocenters. The van der Waals surface area contributed by atoms with Gasteiger partial charge in [-0.05, 0) is 69.2 Å². The van der Waals surface area contributed by atoms with E-state index in [4.69, 9.17) is 14.6 Å². The lowest BCUT2D eigenvalue weighted by atomic mass is 10.1. The van der Waals surface area contributed by atoms with Gasteiger partial charge >= 0.3 is 12.1 Å². The van der Waals surface area contributed by atoms with Crippen molar-refractivity contribution in [1.82, 2.24) is 4.90 Å². The van der Waals surface area contributed by atoms with Crippen LogP contribution in [-0.2, 0) is 4.74 Å². The number of rotatable bonds is 7. The van der Waals surface area contributed by atoms with E-state index < -0.39 is 17.7 Å². The predicted molar refractivity (Wildman–Crippen MR) is 109 cm³/mol. The van der Waals surface area contributed by atoms with Gasteiger partial charge in [-0.25, -0.2) is 14.0 Å². The van der Waals surface area contributed by atoms with Gasteiger partial charge < -0.3 is 19.5 Å². The highest BCUT2D eigenvalue weighted by Gasteiger charge is 2.45. The molecule has 0 aliphatic heterocycles. The Morgan fingerprint density at radius 3 is 2.30 bits per heavy atom. The molecule has 1 N–H and O–H groups in total. The Morgan fingerprint density at radius 1 is 1.10 bits per heavy atom. The summed E-state index contributed by atoms with van der Waals surface area (Å²) in [6, 6.07) is 12.4. The predicted octanol–water partition coefficient (Wildman–Crippen LogP) is 4.70. The maximum atomic E-state index is 13.2. The van der Waals surface area contributed by atoms with Crippen molar-refractivity contribution in [2.45, 2.75) is 44.8 Å². The molecule has 7 heteroatoms. The largest absolute Gasteiger partial charge is 0.492 e. The molecule has 1 saturated carbocycles. The fraction of sp³-hybridized carbons (Fsp3) is 0.391. The highest BCUT2D eigenvalue weighted by Crippen LogP contribution is 2.45. The first kappa shape index (κ1) is 21.6. The fourth-order valence-corrected chi connectivity index (χ4v) is 3.26. The minimum Gasteiger partial charge on any atom is -0.492 e. The third kappa shape index (κ3) is 5.72. The molecule has 6 nitrogen and oxygen atoms in total. The van der Waals surface area contributed by atoms with E-state index >= 15 is 0 Å². The Balaban J connectivity index is 1.63. The molecule has 160 valence electrons. The van der Waals surface area contributed by atoms with Gasteiger partial charge in [0.2, 0.25) is 0 Å². The van der Waals surface area contributed by atoms with Gasteiger partial charge in [-0.1, -0.05) is 12.1 Å². The number of hydrogen-bond donors (Lipinski definition) is 1. The van der Waals surface area contributed by atoms with Crippen LogP contribution < -0.4 is 4.74 Å². The van der Waals surface area contributed by atoms with Crippen LogP contribution in [0.4, 0.5) is 9.18 Å². The number of halogens is 1. The summed E-state index contributed by atoms with van der Waals surface area (Å²) < 4.78 is 24.5. The average molecular weight is 415 g/mol. The lowest BCUT2D eigenvalue weighted by Crippen LogP contribution is -2.41.